The fourth-order valence-electron chi connectivity index (χ4n) is 2.19. The molecule has 2 rings (SSSR count). The van der Waals surface area contributed by atoms with E-state index in [1.54, 1.807) is 24.1 Å². The lowest BCUT2D eigenvalue weighted by atomic mass is 10.3. The fourth-order valence-corrected chi connectivity index (χ4v) is 2.98. The Morgan fingerprint density at radius 3 is 1.58 bits per heavy atom. The summed E-state index contributed by atoms with van der Waals surface area (Å²) in [6, 6.07) is 0. The molecule has 2 heterocycles. The van der Waals surface area contributed by atoms with Crippen LogP contribution in [-0.4, -0.2) is 69.0 Å². The maximum absolute atomic E-state index is 11.5. The molecule has 0 N–H and O–H groups in total. The molecule has 0 atom stereocenters. The van der Waals surface area contributed by atoms with Crippen LogP contribution in [0.5, 0.6) is 0 Å². The van der Waals surface area contributed by atoms with Crippen LogP contribution in [0.2, 0.25) is 0 Å². The van der Waals surface area contributed by atoms with Gasteiger partial charge >= 0.3 is 0 Å². The van der Waals surface area contributed by atoms with Gasteiger partial charge in [-0.25, -0.2) is 0 Å². The molecule has 0 aliphatic carbocycles. The van der Waals surface area contributed by atoms with Crippen molar-refractivity contribution in [1.82, 2.24) is 20.0 Å². The highest BCUT2D eigenvalue weighted by molar-refractivity contribution is 7.82. The predicted octanol–water partition coefficient (Wildman–Crippen LogP) is 0.190. The summed E-state index contributed by atoms with van der Waals surface area (Å²) in [4.78, 5) is 24.1. The van der Waals surface area contributed by atoms with E-state index >= 15 is 0 Å². The molecule has 8 heteroatoms. The van der Waals surface area contributed by atoms with Crippen molar-refractivity contribution >= 4 is 46.2 Å². The largest absolute Gasteiger partial charge is 0.276 e. The molecule has 0 saturated carbocycles. The summed E-state index contributed by atoms with van der Waals surface area (Å²) in [5, 5.41) is 6.59. The van der Waals surface area contributed by atoms with Crippen LogP contribution in [0.4, 0.5) is 0 Å². The first-order valence-electron chi connectivity index (χ1n) is 6.05. The summed E-state index contributed by atoms with van der Waals surface area (Å²) in [6.07, 6.45) is 1.36. The predicted molar refractivity (Wildman–Crippen MR) is 78.0 cm³/mol. The molecule has 2 aliphatic rings. The number of carbonyl (C=O) groups is 2. The van der Waals surface area contributed by atoms with Crippen LogP contribution in [0.1, 0.15) is 19.3 Å². The van der Waals surface area contributed by atoms with Crippen LogP contribution in [0.3, 0.4) is 0 Å². The molecule has 2 saturated heterocycles. The molecule has 2 aliphatic heterocycles. The highest BCUT2D eigenvalue weighted by Crippen LogP contribution is 2.16. The third kappa shape index (κ3) is 2.69. The summed E-state index contributed by atoms with van der Waals surface area (Å²) in [6.45, 7) is 1.21. The van der Waals surface area contributed by atoms with Crippen LogP contribution in [-0.2, 0) is 9.59 Å². The molecule has 0 unspecified atom stereocenters. The number of hydrogen-bond donors (Lipinski definition) is 0. The molecular weight excluding hydrogens is 284 g/mol. The van der Waals surface area contributed by atoms with E-state index in [-0.39, 0.29) is 11.8 Å². The second-order valence-corrected chi connectivity index (χ2v) is 5.49. The Bertz CT molecular complexity index is 414. The van der Waals surface area contributed by atoms with Gasteiger partial charge in [0, 0.05) is 40.0 Å². The van der Waals surface area contributed by atoms with Crippen LogP contribution < -0.4 is 0 Å². The lowest BCUT2D eigenvalue weighted by Gasteiger charge is -2.30. The van der Waals surface area contributed by atoms with Crippen LogP contribution in [0, 0.1) is 0 Å². The zero-order chi connectivity index (χ0) is 14.2. The van der Waals surface area contributed by atoms with E-state index in [0.29, 0.717) is 42.3 Å². The first kappa shape index (κ1) is 14.1. The third-order valence-corrected chi connectivity index (χ3v) is 4.11. The van der Waals surface area contributed by atoms with Crippen molar-refractivity contribution in [3.05, 3.63) is 0 Å². The van der Waals surface area contributed by atoms with Crippen molar-refractivity contribution in [3.8, 4) is 0 Å². The zero-order valence-corrected chi connectivity index (χ0v) is 12.6. The van der Waals surface area contributed by atoms with E-state index in [2.05, 4.69) is 0 Å². The fraction of sp³-hybridized carbons (Fsp3) is 0.636. The second-order valence-electron chi connectivity index (χ2n) is 4.55. The first-order valence-corrected chi connectivity index (χ1v) is 6.87. The van der Waals surface area contributed by atoms with Crippen molar-refractivity contribution in [2.24, 2.45) is 0 Å². The standard InChI is InChI=1S/C11H16N4O2S2/c1-12-8(16)3-5-14(12)10(18)7-11(19)15-6-4-9(17)13(15)2/h3-7H2,1-2H3. The molecule has 0 aromatic heterocycles. The highest BCUT2D eigenvalue weighted by atomic mass is 32.1. The van der Waals surface area contributed by atoms with E-state index in [1.165, 1.54) is 10.0 Å². The molecule has 19 heavy (non-hydrogen) atoms. The Labute approximate surface area is 122 Å². The Balaban J connectivity index is 1.94. The quantitative estimate of drug-likeness (QED) is 0.679. The Kier molecular flexibility index (Phi) is 4.00. The van der Waals surface area contributed by atoms with Crippen LogP contribution in [0.15, 0.2) is 0 Å². The van der Waals surface area contributed by atoms with E-state index in [9.17, 15) is 9.59 Å². The van der Waals surface area contributed by atoms with Crippen molar-refractivity contribution in [2.75, 3.05) is 27.2 Å². The van der Waals surface area contributed by atoms with Crippen molar-refractivity contribution in [3.63, 3.8) is 0 Å². The summed E-state index contributed by atoms with van der Waals surface area (Å²) in [5.41, 5.74) is 0. The molecule has 104 valence electrons. The normalized spacial score (nSPS) is 19.7. The molecule has 2 fully saturated rings. The number of carbonyl (C=O) groups excluding carboxylic acids is 2. The minimum absolute atomic E-state index is 0.0572. The first-order chi connectivity index (χ1) is 8.91. The van der Waals surface area contributed by atoms with Crippen molar-refractivity contribution in [1.29, 1.82) is 0 Å². The van der Waals surface area contributed by atoms with Crippen LogP contribution >= 0.6 is 24.4 Å². The van der Waals surface area contributed by atoms with E-state index in [4.69, 9.17) is 24.4 Å². The average Bonchev–Trinajstić information content (AvgIpc) is 2.85. The highest BCUT2D eigenvalue weighted by Gasteiger charge is 2.31. The van der Waals surface area contributed by atoms with Gasteiger partial charge in [0.15, 0.2) is 0 Å². The van der Waals surface area contributed by atoms with E-state index in [0.717, 1.165) is 0 Å². The molecule has 2 amide bonds. The van der Waals surface area contributed by atoms with Gasteiger partial charge in [0.05, 0.1) is 6.42 Å². The SMILES string of the molecule is CN1C(=O)CCN1C(=S)CC(=S)N1CCC(=O)N1C. The van der Waals surface area contributed by atoms with Gasteiger partial charge in [-0.15, -0.1) is 0 Å². The average molecular weight is 300 g/mol. The van der Waals surface area contributed by atoms with Crippen molar-refractivity contribution < 1.29 is 9.59 Å². The summed E-state index contributed by atoms with van der Waals surface area (Å²) >= 11 is 10.7. The van der Waals surface area contributed by atoms with Crippen molar-refractivity contribution in [2.45, 2.75) is 19.3 Å². The summed E-state index contributed by atoms with van der Waals surface area (Å²) < 4.78 is 0. The Hall–Kier alpha value is -1.28. The van der Waals surface area contributed by atoms with Gasteiger partial charge < -0.3 is 0 Å². The third-order valence-electron chi connectivity index (χ3n) is 3.40. The monoisotopic (exact) mass is 300 g/mol. The number of hydrazine groups is 2. The van der Waals surface area contributed by atoms with Gasteiger partial charge in [0.1, 0.15) is 9.98 Å². The molecule has 0 bridgehead atoms. The Morgan fingerprint density at radius 1 is 0.947 bits per heavy atom. The number of amides is 2. The van der Waals surface area contributed by atoms with Gasteiger partial charge in [0.25, 0.3) is 0 Å². The zero-order valence-electron chi connectivity index (χ0n) is 11.0. The topological polar surface area (TPSA) is 47.1 Å². The van der Waals surface area contributed by atoms with Gasteiger partial charge in [-0.3, -0.25) is 29.6 Å². The molecule has 0 aromatic rings. The van der Waals surface area contributed by atoms with E-state index < -0.39 is 0 Å². The number of hydrogen-bond acceptors (Lipinski definition) is 4. The maximum Gasteiger partial charge on any atom is 0.242 e. The summed E-state index contributed by atoms with van der Waals surface area (Å²) in [5.74, 6) is 0.114. The molecule has 0 radical (unpaired) electrons. The minimum Gasteiger partial charge on any atom is -0.276 e. The molecule has 0 spiro atoms. The molecular formula is C11H16N4O2S2. The van der Waals surface area contributed by atoms with E-state index in [1.807, 2.05) is 0 Å². The number of nitrogens with zero attached hydrogens (tertiary/aromatic N) is 4. The lowest BCUT2D eigenvalue weighted by molar-refractivity contribution is -0.132. The van der Waals surface area contributed by atoms with Gasteiger partial charge in [-0.05, 0) is 0 Å². The van der Waals surface area contributed by atoms with Gasteiger partial charge in [-0.2, -0.15) is 0 Å². The minimum atomic E-state index is 0.0572. The second kappa shape index (κ2) is 5.38. The smallest absolute Gasteiger partial charge is 0.242 e. The van der Waals surface area contributed by atoms with Gasteiger partial charge in [-0.1, -0.05) is 24.4 Å². The van der Waals surface area contributed by atoms with Gasteiger partial charge in [0.2, 0.25) is 11.8 Å². The Morgan fingerprint density at radius 2 is 1.32 bits per heavy atom. The number of thiocarbonyl (C=S) groups is 2. The maximum atomic E-state index is 11.5. The molecule has 6 nitrogen and oxygen atoms in total. The molecule has 0 aromatic carbocycles. The lowest BCUT2D eigenvalue weighted by Crippen LogP contribution is -2.44. The summed E-state index contributed by atoms with van der Waals surface area (Å²) in [7, 11) is 3.41. The van der Waals surface area contributed by atoms with Crippen LogP contribution in [0.25, 0.3) is 0 Å². The number of rotatable bonds is 2.